The smallest absolute Gasteiger partial charge is 0.308 e. The Kier molecular flexibility index (Phi) is 4.53. The molecule has 19 heavy (non-hydrogen) atoms. The maximum atomic E-state index is 12.0. The molecule has 0 saturated carbocycles. The fourth-order valence-corrected chi connectivity index (χ4v) is 3.95. The van der Waals surface area contributed by atoms with Gasteiger partial charge in [-0.05, 0) is 39.1 Å². The van der Waals surface area contributed by atoms with Crippen LogP contribution in [0.2, 0.25) is 0 Å². The lowest BCUT2D eigenvalue weighted by Gasteiger charge is -2.43. The number of carbonyl (C=O) groups excluding carboxylic acids is 1. The molecule has 1 heterocycles. The molecule has 1 aromatic carbocycles. The van der Waals surface area contributed by atoms with Crippen LogP contribution >= 0.6 is 11.8 Å². The Morgan fingerprint density at radius 1 is 1.42 bits per heavy atom. The van der Waals surface area contributed by atoms with Crippen molar-refractivity contribution in [2.45, 2.75) is 30.2 Å². The van der Waals surface area contributed by atoms with E-state index in [-0.39, 0.29) is 11.5 Å². The summed E-state index contributed by atoms with van der Waals surface area (Å²) in [5, 5.41) is 0. The molecule has 1 aliphatic rings. The van der Waals surface area contributed by atoms with Crippen molar-refractivity contribution in [1.29, 1.82) is 0 Å². The second-order valence-corrected chi connectivity index (χ2v) is 6.14. The van der Waals surface area contributed by atoms with E-state index in [2.05, 4.69) is 23.1 Å². The van der Waals surface area contributed by atoms with Crippen LogP contribution in [-0.2, 0) is 15.1 Å². The monoisotopic (exact) mass is 279 g/mol. The molecule has 104 valence electrons. The number of hydrogen-bond donors (Lipinski definition) is 0. The van der Waals surface area contributed by atoms with Gasteiger partial charge in [-0.1, -0.05) is 18.2 Å². The predicted octanol–water partition coefficient (Wildman–Crippen LogP) is 2.89. The molecule has 3 nitrogen and oxygen atoms in total. The van der Waals surface area contributed by atoms with Crippen molar-refractivity contribution < 1.29 is 9.53 Å². The van der Waals surface area contributed by atoms with E-state index >= 15 is 0 Å². The molecule has 0 saturated heterocycles. The molecule has 0 N–H and O–H groups in total. The zero-order chi connectivity index (χ0) is 13.9. The summed E-state index contributed by atoms with van der Waals surface area (Å²) in [5.74, 6) is 0.923. The molecule has 0 spiro atoms. The number of carbonyl (C=O) groups is 1. The van der Waals surface area contributed by atoms with E-state index < -0.39 is 0 Å². The van der Waals surface area contributed by atoms with E-state index in [1.54, 1.807) is 0 Å². The Bertz CT molecular complexity index is 461. The number of ether oxygens (including phenoxy) is 1. The van der Waals surface area contributed by atoms with E-state index in [1.807, 2.05) is 38.8 Å². The first kappa shape index (κ1) is 14.4. The molecule has 0 aliphatic carbocycles. The molecule has 1 aromatic rings. The van der Waals surface area contributed by atoms with E-state index in [1.165, 1.54) is 10.5 Å². The van der Waals surface area contributed by atoms with Crippen LogP contribution in [0, 0.1) is 0 Å². The maximum Gasteiger partial charge on any atom is 0.308 e. The number of thioether (sulfide) groups is 1. The van der Waals surface area contributed by atoms with Crippen molar-refractivity contribution >= 4 is 17.7 Å². The van der Waals surface area contributed by atoms with Gasteiger partial charge in [0.2, 0.25) is 0 Å². The van der Waals surface area contributed by atoms with Gasteiger partial charge in [-0.3, -0.25) is 9.69 Å². The van der Waals surface area contributed by atoms with Gasteiger partial charge in [-0.25, -0.2) is 0 Å². The van der Waals surface area contributed by atoms with Gasteiger partial charge < -0.3 is 4.74 Å². The molecule has 1 atom stereocenters. The van der Waals surface area contributed by atoms with Crippen molar-refractivity contribution in [3.63, 3.8) is 0 Å². The maximum absolute atomic E-state index is 12.0. The minimum atomic E-state index is -0.228. The van der Waals surface area contributed by atoms with Crippen molar-refractivity contribution in [2.24, 2.45) is 0 Å². The molecule has 2 rings (SSSR count). The quantitative estimate of drug-likeness (QED) is 0.793. The lowest BCUT2D eigenvalue weighted by molar-refractivity contribution is -0.146. The molecule has 4 heteroatoms. The molecule has 0 aromatic heterocycles. The van der Waals surface area contributed by atoms with Crippen LogP contribution in [0.1, 0.15) is 25.3 Å². The summed E-state index contributed by atoms with van der Waals surface area (Å²) < 4.78 is 5.16. The van der Waals surface area contributed by atoms with Crippen LogP contribution in [0.3, 0.4) is 0 Å². The van der Waals surface area contributed by atoms with Crippen LogP contribution in [0.25, 0.3) is 0 Å². The van der Waals surface area contributed by atoms with Crippen molar-refractivity contribution in [1.82, 2.24) is 4.90 Å². The summed E-state index contributed by atoms with van der Waals surface area (Å²) >= 11 is 1.87. The first-order chi connectivity index (χ1) is 9.10. The molecule has 0 bridgehead atoms. The average molecular weight is 279 g/mol. The molecule has 0 fully saturated rings. The van der Waals surface area contributed by atoms with Crippen molar-refractivity contribution in [2.75, 3.05) is 26.5 Å². The van der Waals surface area contributed by atoms with E-state index in [4.69, 9.17) is 4.74 Å². The van der Waals surface area contributed by atoms with Gasteiger partial charge in [0.05, 0.1) is 18.6 Å². The van der Waals surface area contributed by atoms with Gasteiger partial charge in [-0.15, -0.1) is 11.8 Å². The Morgan fingerprint density at radius 3 is 2.84 bits per heavy atom. The van der Waals surface area contributed by atoms with Gasteiger partial charge in [0, 0.05) is 10.6 Å². The third kappa shape index (κ3) is 2.79. The van der Waals surface area contributed by atoms with Crippen LogP contribution in [-0.4, -0.2) is 37.3 Å². The first-order valence-electron chi connectivity index (χ1n) is 6.65. The zero-order valence-electron chi connectivity index (χ0n) is 11.8. The molecule has 0 radical (unpaired) electrons. The minimum absolute atomic E-state index is 0.113. The average Bonchev–Trinajstić information content (AvgIpc) is 2.39. The summed E-state index contributed by atoms with van der Waals surface area (Å²) in [5.41, 5.74) is 1.03. The van der Waals surface area contributed by atoms with Crippen LogP contribution in [0.4, 0.5) is 0 Å². The summed E-state index contributed by atoms with van der Waals surface area (Å²) in [4.78, 5) is 15.4. The fraction of sp³-hybridized carbons (Fsp3) is 0.533. The van der Waals surface area contributed by atoms with Crippen LogP contribution in [0.5, 0.6) is 0 Å². The second-order valence-electron chi connectivity index (χ2n) is 5.00. The zero-order valence-corrected chi connectivity index (χ0v) is 12.6. The third-order valence-corrected chi connectivity index (χ3v) is 4.84. The van der Waals surface area contributed by atoms with Crippen molar-refractivity contribution in [3.05, 3.63) is 29.8 Å². The number of benzene rings is 1. The van der Waals surface area contributed by atoms with Gasteiger partial charge in [0.1, 0.15) is 0 Å². The molecular weight excluding hydrogens is 258 g/mol. The number of rotatable bonds is 4. The molecular formula is C15H21NO2S. The fourth-order valence-electron chi connectivity index (χ4n) is 2.70. The summed E-state index contributed by atoms with van der Waals surface area (Å²) in [7, 11) is 4.10. The van der Waals surface area contributed by atoms with Gasteiger partial charge in [0.25, 0.3) is 0 Å². The van der Waals surface area contributed by atoms with Gasteiger partial charge in [0.15, 0.2) is 0 Å². The molecule has 1 unspecified atom stereocenters. The van der Waals surface area contributed by atoms with Gasteiger partial charge >= 0.3 is 5.97 Å². The Labute approximate surface area is 119 Å². The predicted molar refractivity (Wildman–Crippen MR) is 78.4 cm³/mol. The summed E-state index contributed by atoms with van der Waals surface area (Å²) in [6.45, 7) is 2.30. The summed E-state index contributed by atoms with van der Waals surface area (Å²) in [6, 6.07) is 8.39. The third-order valence-electron chi connectivity index (χ3n) is 3.76. The number of fused-ring (bicyclic) bond motifs is 1. The van der Waals surface area contributed by atoms with Gasteiger partial charge in [-0.2, -0.15) is 0 Å². The minimum Gasteiger partial charge on any atom is -0.466 e. The second kappa shape index (κ2) is 5.97. The van der Waals surface area contributed by atoms with E-state index in [0.29, 0.717) is 13.0 Å². The largest absolute Gasteiger partial charge is 0.466 e. The Balaban J connectivity index is 2.38. The number of hydrogen-bond acceptors (Lipinski definition) is 4. The standard InChI is InChI=1S/C15H21NO2S/c1-4-18-14(17)11-15(16(2)3)9-10-19-13-8-6-5-7-12(13)15/h5-8H,4,9-11H2,1-3H3. The highest BCUT2D eigenvalue weighted by Crippen LogP contribution is 2.45. The highest BCUT2D eigenvalue weighted by atomic mass is 32.2. The highest BCUT2D eigenvalue weighted by Gasteiger charge is 2.41. The Hall–Kier alpha value is -1.00. The first-order valence-corrected chi connectivity index (χ1v) is 7.64. The number of esters is 1. The lowest BCUT2D eigenvalue weighted by Crippen LogP contribution is -2.45. The molecule has 0 amide bonds. The van der Waals surface area contributed by atoms with E-state index in [9.17, 15) is 4.79 Å². The lowest BCUT2D eigenvalue weighted by atomic mass is 9.82. The van der Waals surface area contributed by atoms with Crippen molar-refractivity contribution in [3.8, 4) is 0 Å². The molecule has 1 aliphatic heterocycles. The summed E-state index contributed by atoms with van der Waals surface area (Å²) in [6.07, 6.45) is 1.39. The normalized spacial score (nSPS) is 22.1. The SMILES string of the molecule is CCOC(=O)CC1(N(C)C)CCSc2ccccc21. The highest BCUT2D eigenvalue weighted by molar-refractivity contribution is 7.99. The Morgan fingerprint density at radius 2 is 2.16 bits per heavy atom. The number of nitrogens with zero attached hydrogens (tertiary/aromatic N) is 1. The van der Waals surface area contributed by atoms with Crippen LogP contribution < -0.4 is 0 Å². The topological polar surface area (TPSA) is 29.5 Å². The van der Waals surface area contributed by atoms with E-state index in [0.717, 1.165) is 12.2 Å². The van der Waals surface area contributed by atoms with Crippen LogP contribution in [0.15, 0.2) is 29.2 Å².